The van der Waals surface area contributed by atoms with Gasteiger partial charge in [0.2, 0.25) is 0 Å². The van der Waals surface area contributed by atoms with Gasteiger partial charge in [0, 0.05) is 63.1 Å². The highest BCUT2D eigenvalue weighted by atomic mass is 35.5. The van der Waals surface area contributed by atoms with Gasteiger partial charge in [0.05, 0.1) is 17.0 Å². The summed E-state index contributed by atoms with van der Waals surface area (Å²) in [7, 11) is 0. The summed E-state index contributed by atoms with van der Waals surface area (Å²) in [6.07, 6.45) is 1.71. The maximum absolute atomic E-state index is 15.9. The number of nitrogens with one attached hydrogen (secondary N) is 2. The fourth-order valence-corrected chi connectivity index (χ4v) is 5.67. The van der Waals surface area contributed by atoms with Gasteiger partial charge in [-0.1, -0.05) is 41.7 Å². The Kier molecular flexibility index (Phi) is 9.82. The predicted octanol–water partition coefficient (Wildman–Crippen LogP) is 4.84. The van der Waals surface area contributed by atoms with E-state index in [0.717, 1.165) is 56.0 Å². The van der Waals surface area contributed by atoms with E-state index in [9.17, 15) is 4.79 Å². The number of aliphatic hydroxyl groups is 1. The number of β-amino-alcohol motifs (C(OH)–C–C–N with tert-alkyl or cyclic N) is 1. The van der Waals surface area contributed by atoms with Crippen LogP contribution in [-0.2, 0) is 6.54 Å². The minimum absolute atomic E-state index is 0. The molecule has 206 valence electrons. The smallest absolute Gasteiger partial charge is 0.321 e. The third-order valence-corrected chi connectivity index (χ3v) is 7.66. The molecule has 1 saturated heterocycles. The Hall–Kier alpha value is -3.15. The number of carbonyl (C=O) groups is 1. The molecule has 0 aliphatic carbocycles. The molecule has 2 amide bonds. The molecule has 3 N–H and O–H groups in total. The van der Waals surface area contributed by atoms with Crippen molar-refractivity contribution in [1.82, 2.24) is 25.1 Å². The summed E-state index contributed by atoms with van der Waals surface area (Å²) in [5, 5.41) is 14.9. The average molecular weight is 571 g/mol. The fraction of sp³-hybridized carbons (Fsp3) is 0.321. The van der Waals surface area contributed by atoms with Crippen molar-refractivity contribution in [3.63, 3.8) is 0 Å². The number of hydrogen-bond donors (Lipinski definition) is 3. The first-order valence-corrected chi connectivity index (χ1v) is 13.6. The van der Waals surface area contributed by atoms with Gasteiger partial charge in [-0.25, -0.2) is 14.2 Å². The SMILES string of the molecule is CCNC(=O)Nc1nc2c(F)c(-c3ccc(CN4CCN(CCO)CC4)cc3)cc(-c3ccccn3)c2s1.Cl. The highest BCUT2D eigenvalue weighted by Gasteiger charge is 2.21. The molecule has 4 aromatic rings. The van der Waals surface area contributed by atoms with Crippen molar-refractivity contribution < 1.29 is 14.3 Å². The lowest BCUT2D eigenvalue weighted by Crippen LogP contribution is -2.46. The lowest BCUT2D eigenvalue weighted by atomic mass is 9.98. The highest BCUT2D eigenvalue weighted by molar-refractivity contribution is 7.22. The van der Waals surface area contributed by atoms with Gasteiger partial charge >= 0.3 is 6.03 Å². The Bertz CT molecular complexity index is 1390. The summed E-state index contributed by atoms with van der Waals surface area (Å²) < 4.78 is 16.5. The lowest BCUT2D eigenvalue weighted by molar-refractivity contribution is 0.108. The van der Waals surface area contributed by atoms with Crippen LogP contribution in [0.4, 0.5) is 14.3 Å². The Morgan fingerprint density at radius 3 is 2.49 bits per heavy atom. The Labute approximate surface area is 237 Å². The van der Waals surface area contributed by atoms with Gasteiger partial charge in [0.1, 0.15) is 5.52 Å². The molecule has 2 aromatic carbocycles. The van der Waals surface area contributed by atoms with Crippen LogP contribution < -0.4 is 10.6 Å². The van der Waals surface area contributed by atoms with Crippen molar-refractivity contribution >= 4 is 45.1 Å². The minimum atomic E-state index is -0.423. The molecular formula is C28H32ClFN6O2S. The number of fused-ring (bicyclic) bond motifs is 1. The van der Waals surface area contributed by atoms with E-state index in [0.29, 0.717) is 27.6 Å². The number of piperazine rings is 1. The van der Waals surface area contributed by atoms with Crippen LogP contribution in [0.1, 0.15) is 12.5 Å². The van der Waals surface area contributed by atoms with Gasteiger partial charge in [0.25, 0.3) is 0 Å². The third-order valence-electron chi connectivity index (χ3n) is 6.66. The zero-order valence-corrected chi connectivity index (χ0v) is 23.3. The van der Waals surface area contributed by atoms with E-state index in [1.165, 1.54) is 11.3 Å². The summed E-state index contributed by atoms with van der Waals surface area (Å²) in [6.45, 7) is 7.86. The van der Waals surface area contributed by atoms with Crippen LogP contribution in [0.3, 0.4) is 0 Å². The molecule has 0 spiro atoms. The molecule has 8 nitrogen and oxygen atoms in total. The van der Waals surface area contributed by atoms with E-state index in [-0.39, 0.29) is 30.6 Å². The normalized spacial score (nSPS) is 14.2. The summed E-state index contributed by atoms with van der Waals surface area (Å²) in [5.41, 5.74) is 4.05. The maximum atomic E-state index is 15.9. The number of benzene rings is 2. The molecule has 0 atom stereocenters. The molecule has 39 heavy (non-hydrogen) atoms. The third kappa shape index (κ3) is 6.71. The Balaban J connectivity index is 0.00000353. The van der Waals surface area contributed by atoms with Crippen molar-refractivity contribution in [3.8, 4) is 22.4 Å². The molecule has 0 saturated carbocycles. The largest absolute Gasteiger partial charge is 0.395 e. The summed E-state index contributed by atoms with van der Waals surface area (Å²) in [6, 6.07) is 15.0. The molecule has 11 heteroatoms. The zero-order chi connectivity index (χ0) is 26.5. The molecule has 0 unspecified atom stereocenters. The quantitative estimate of drug-likeness (QED) is 0.281. The van der Waals surface area contributed by atoms with Gasteiger partial charge < -0.3 is 10.4 Å². The molecule has 1 fully saturated rings. The molecule has 0 radical (unpaired) electrons. The second kappa shape index (κ2) is 13.3. The molecule has 1 aliphatic heterocycles. The second-order valence-electron chi connectivity index (χ2n) is 9.22. The van der Waals surface area contributed by atoms with Crippen LogP contribution in [-0.4, -0.2) is 76.8 Å². The van der Waals surface area contributed by atoms with Gasteiger partial charge in [-0.05, 0) is 36.2 Å². The van der Waals surface area contributed by atoms with Crippen molar-refractivity contribution in [3.05, 3.63) is 66.1 Å². The minimum Gasteiger partial charge on any atom is -0.395 e. The Morgan fingerprint density at radius 2 is 1.82 bits per heavy atom. The predicted molar refractivity (Wildman–Crippen MR) is 157 cm³/mol. The van der Waals surface area contributed by atoms with Crippen molar-refractivity contribution in [2.45, 2.75) is 13.5 Å². The zero-order valence-electron chi connectivity index (χ0n) is 21.7. The first-order valence-electron chi connectivity index (χ1n) is 12.8. The summed E-state index contributed by atoms with van der Waals surface area (Å²) >= 11 is 1.23. The van der Waals surface area contributed by atoms with Crippen LogP contribution in [0.25, 0.3) is 32.6 Å². The van der Waals surface area contributed by atoms with E-state index in [1.54, 1.807) is 6.20 Å². The van der Waals surface area contributed by atoms with E-state index < -0.39 is 5.82 Å². The standard InChI is InChI=1S/C28H31FN6O2S.ClH/c1-2-30-27(37)33-28-32-25-24(29)21(17-22(26(25)38-28)23-5-3-4-10-31-23)20-8-6-19(7-9-20)18-35-13-11-34(12-14-35)15-16-36;/h3-10,17,36H,2,11-16,18H2,1H3,(H2,30,32,33,37);1H. The maximum Gasteiger partial charge on any atom is 0.321 e. The van der Waals surface area contributed by atoms with Crippen LogP contribution in [0.15, 0.2) is 54.7 Å². The van der Waals surface area contributed by atoms with Gasteiger partial charge in [-0.3, -0.25) is 20.1 Å². The number of hydrogen-bond acceptors (Lipinski definition) is 7. The van der Waals surface area contributed by atoms with E-state index in [4.69, 9.17) is 5.11 Å². The monoisotopic (exact) mass is 570 g/mol. The number of thiazole rings is 1. The number of aliphatic hydroxyl groups excluding tert-OH is 1. The number of pyridine rings is 1. The second-order valence-corrected chi connectivity index (χ2v) is 10.2. The highest BCUT2D eigenvalue weighted by Crippen LogP contribution is 2.40. The lowest BCUT2D eigenvalue weighted by Gasteiger charge is -2.34. The van der Waals surface area contributed by atoms with Gasteiger partial charge in [0.15, 0.2) is 10.9 Å². The fourth-order valence-electron chi connectivity index (χ4n) is 4.69. The van der Waals surface area contributed by atoms with Crippen LogP contribution in [0.5, 0.6) is 0 Å². The molecule has 0 bridgehead atoms. The molecule has 1 aliphatic rings. The van der Waals surface area contributed by atoms with Crippen molar-refractivity contribution in [1.29, 1.82) is 0 Å². The van der Waals surface area contributed by atoms with Crippen molar-refractivity contribution in [2.24, 2.45) is 0 Å². The summed E-state index contributed by atoms with van der Waals surface area (Å²) in [4.78, 5) is 25.7. The number of halogens is 2. The van der Waals surface area contributed by atoms with Crippen LogP contribution in [0, 0.1) is 5.82 Å². The topological polar surface area (TPSA) is 93.6 Å². The number of carbonyl (C=O) groups excluding carboxylic acids is 1. The number of anilines is 1. The first kappa shape index (κ1) is 28.8. The molecular weight excluding hydrogens is 539 g/mol. The molecule has 2 aromatic heterocycles. The number of nitrogens with zero attached hydrogens (tertiary/aromatic N) is 4. The van der Waals surface area contributed by atoms with E-state index >= 15 is 4.39 Å². The molecule has 5 rings (SSSR count). The number of amides is 2. The molecule has 3 heterocycles. The average Bonchev–Trinajstić information content (AvgIpc) is 3.35. The summed E-state index contributed by atoms with van der Waals surface area (Å²) in [5.74, 6) is -0.423. The van der Waals surface area contributed by atoms with Crippen LogP contribution >= 0.6 is 23.7 Å². The number of rotatable bonds is 8. The van der Waals surface area contributed by atoms with E-state index in [1.807, 2.05) is 55.5 Å². The number of urea groups is 1. The van der Waals surface area contributed by atoms with Crippen LogP contribution in [0.2, 0.25) is 0 Å². The van der Waals surface area contributed by atoms with Gasteiger partial charge in [-0.2, -0.15) is 0 Å². The van der Waals surface area contributed by atoms with Crippen molar-refractivity contribution in [2.75, 3.05) is 51.2 Å². The first-order chi connectivity index (χ1) is 18.6. The van der Waals surface area contributed by atoms with Gasteiger partial charge in [-0.15, -0.1) is 12.4 Å². The van der Waals surface area contributed by atoms with E-state index in [2.05, 4.69) is 30.4 Å². The number of aromatic nitrogens is 2. The Morgan fingerprint density at radius 1 is 1.08 bits per heavy atom.